The highest BCUT2D eigenvalue weighted by Gasteiger charge is 2.43. The zero-order chi connectivity index (χ0) is 17.1. The van der Waals surface area contributed by atoms with E-state index in [1.54, 1.807) is 12.3 Å². The molecule has 2 heterocycles. The molecule has 0 aliphatic carbocycles. The number of carbonyl (C=O) groups is 2. The summed E-state index contributed by atoms with van der Waals surface area (Å²) < 4.78 is 11.7. The lowest BCUT2D eigenvalue weighted by atomic mass is 10.2. The summed E-state index contributed by atoms with van der Waals surface area (Å²) in [7, 11) is 0. The largest absolute Gasteiger partial charge is 0.466 e. The van der Waals surface area contributed by atoms with Crippen LogP contribution in [0.15, 0.2) is 51.6 Å². The lowest BCUT2D eigenvalue weighted by Crippen LogP contribution is -2.42. The Morgan fingerprint density at radius 3 is 2.79 bits per heavy atom. The van der Waals surface area contributed by atoms with Crippen molar-refractivity contribution in [3.63, 3.8) is 0 Å². The molecule has 1 aliphatic heterocycles. The molecule has 3 rings (SSSR count). The molecule has 0 bridgehead atoms. The van der Waals surface area contributed by atoms with Crippen LogP contribution < -0.4 is 0 Å². The first-order chi connectivity index (χ1) is 11.6. The number of furan rings is 1. The van der Waals surface area contributed by atoms with Gasteiger partial charge >= 0.3 is 5.97 Å². The third kappa shape index (κ3) is 3.52. The van der Waals surface area contributed by atoms with Gasteiger partial charge in [-0.25, -0.2) is 4.79 Å². The molecule has 0 spiro atoms. The van der Waals surface area contributed by atoms with Crippen LogP contribution in [0, 0.1) is 0 Å². The third-order valence-electron chi connectivity index (χ3n) is 3.75. The molecule has 1 aromatic carbocycles. The molecule has 1 saturated heterocycles. The molecular weight excluding hydrogens is 394 g/mol. The van der Waals surface area contributed by atoms with Crippen LogP contribution in [0.1, 0.15) is 23.6 Å². The molecule has 24 heavy (non-hydrogen) atoms. The summed E-state index contributed by atoms with van der Waals surface area (Å²) >= 11 is 4.93. The minimum absolute atomic E-state index is 0.165. The standard InChI is InChI=1S/C17H16BrNO4S/c1-11(20)19-14(10-24-16(19)15-7-4-8-22-15)17(21)23-9-12-5-2-3-6-13(12)18/h2-8,14,16H,9-10H2,1H3/t14-,16+/m1/s1. The van der Waals surface area contributed by atoms with Crippen molar-refractivity contribution >= 4 is 39.6 Å². The molecule has 0 unspecified atom stereocenters. The van der Waals surface area contributed by atoms with Crippen LogP contribution in [0.5, 0.6) is 0 Å². The van der Waals surface area contributed by atoms with Gasteiger partial charge in [0.1, 0.15) is 23.8 Å². The first kappa shape index (κ1) is 17.1. The first-order valence-electron chi connectivity index (χ1n) is 7.42. The summed E-state index contributed by atoms with van der Waals surface area (Å²) in [6.07, 6.45) is 1.56. The second kappa shape index (κ2) is 7.44. The lowest BCUT2D eigenvalue weighted by molar-refractivity contribution is -0.154. The molecule has 0 radical (unpaired) electrons. The third-order valence-corrected chi connectivity index (χ3v) is 5.81. The number of amides is 1. The van der Waals surface area contributed by atoms with Crippen LogP contribution in [-0.4, -0.2) is 28.6 Å². The minimum atomic E-state index is -0.606. The normalized spacial score (nSPS) is 20.2. The van der Waals surface area contributed by atoms with Crippen LogP contribution in [0.4, 0.5) is 0 Å². The molecule has 126 valence electrons. The molecule has 2 aromatic rings. The van der Waals surface area contributed by atoms with Crippen LogP contribution in [0.25, 0.3) is 0 Å². The van der Waals surface area contributed by atoms with Gasteiger partial charge in [0.25, 0.3) is 0 Å². The number of halogens is 1. The zero-order valence-electron chi connectivity index (χ0n) is 13.0. The van der Waals surface area contributed by atoms with Crippen molar-refractivity contribution in [1.82, 2.24) is 4.90 Å². The van der Waals surface area contributed by atoms with Gasteiger partial charge in [-0.2, -0.15) is 0 Å². The molecule has 1 fully saturated rings. The molecular formula is C17H16BrNO4S. The predicted octanol–water partition coefficient (Wildman–Crippen LogP) is 3.75. The summed E-state index contributed by atoms with van der Waals surface area (Å²) in [6, 6.07) is 10.5. The monoisotopic (exact) mass is 409 g/mol. The van der Waals surface area contributed by atoms with Gasteiger partial charge in [0.2, 0.25) is 5.91 Å². The average molecular weight is 410 g/mol. The number of thioether (sulfide) groups is 1. The Balaban J connectivity index is 1.70. The molecule has 1 amide bonds. The van der Waals surface area contributed by atoms with Crippen molar-refractivity contribution in [2.24, 2.45) is 0 Å². The maximum atomic E-state index is 12.5. The maximum Gasteiger partial charge on any atom is 0.330 e. The van der Waals surface area contributed by atoms with Crippen LogP contribution in [-0.2, 0) is 20.9 Å². The van der Waals surface area contributed by atoms with E-state index >= 15 is 0 Å². The minimum Gasteiger partial charge on any atom is -0.466 e. The Morgan fingerprint density at radius 2 is 2.12 bits per heavy atom. The van der Waals surface area contributed by atoms with E-state index in [0.717, 1.165) is 10.0 Å². The van der Waals surface area contributed by atoms with Gasteiger partial charge < -0.3 is 14.1 Å². The van der Waals surface area contributed by atoms with E-state index in [4.69, 9.17) is 9.15 Å². The fourth-order valence-corrected chi connectivity index (χ4v) is 4.40. The van der Waals surface area contributed by atoms with Crippen molar-refractivity contribution in [3.05, 3.63) is 58.5 Å². The molecule has 0 N–H and O–H groups in total. The van der Waals surface area contributed by atoms with Gasteiger partial charge in [-0.1, -0.05) is 34.1 Å². The maximum absolute atomic E-state index is 12.5. The van der Waals surface area contributed by atoms with Crippen LogP contribution in [0.3, 0.4) is 0 Å². The van der Waals surface area contributed by atoms with Gasteiger partial charge in [-0.05, 0) is 18.2 Å². The van der Waals surface area contributed by atoms with Crippen molar-refractivity contribution in [3.8, 4) is 0 Å². The fourth-order valence-electron chi connectivity index (χ4n) is 2.58. The van der Waals surface area contributed by atoms with Crippen molar-refractivity contribution in [2.45, 2.75) is 24.9 Å². The van der Waals surface area contributed by atoms with Gasteiger partial charge in [0, 0.05) is 22.7 Å². The number of hydrogen-bond acceptors (Lipinski definition) is 5. The number of ether oxygens (including phenoxy) is 1. The van der Waals surface area contributed by atoms with Crippen LogP contribution >= 0.6 is 27.7 Å². The summed E-state index contributed by atoms with van der Waals surface area (Å²) in [5, 5.41) is -0.293. The Labute approximate surface area is 152 Å². The first-order valence-corrected chi connectivity index (χ1v) is 9.26. The van der Waals surface area contributed by atoms with E-state index in [0.29, 0.717) is 11.5 Å². The number of esters is 1. The Kier molecular flexibility index (Phi) is 5.30. The highest BCUT2D eigenvalue weighted by atomic mass is 79.9. The van der Waals surface area contributed by atoms with E-state index in [-0.39, 0.29) is 17.9 Å². The van der Waals surface area contributed by atoms with Crippen molar-refractivity contribution in [1.29, 1.82) is 0 Å². The van der Waals surface area contributed by atoms with Gasteiger partial charge in [0.05, 0.1) is 6.26 Å². The quantitative estimate of drug-likeness (QED) is 0.719. The molecule has 7 heteroatoms. The Hall–Kier alpha value is -1.73. The Morgan fingerprint density at radius 1 is 1.33 bits per heavy atom. The fraction of sp³-hybridized carbons (Fsp3) is 0.294. The van der Waals surface area contributed by atoms with Gasteiger partial charge in [-0.3, -0.25) is 4.79 Å². The second-order valence-electron chi connectivity index (χ2n) is 5.34. The summed E-state index contributed by atoms with van der Waals surface area (Å²) in [4.78, 5) is 26.1. The molecule has 2 atom stereocenters. The average Bonchev–Trinajstić information content (AvgIpc) is 3.22. The molecule has 5 nitrogen and oxygen atoms in total. The van der Waals surface area contributed by atoms with E-state index in [1.807, 2.05) is 30.3 Å². The van der Waals surface area contributed by atoms with E-state index in [9.17, 15) is 9.59 Å². The number of carbonyl (C=O) groups excluding carboxylic acids is 2. The summed E-state index contributed by atoms with van der Waals surface area (Å²) in [5.74, 6) is 0.572. The van der Waals surface area contributed by atoms with Crippen molar-refractivity contribution in [2.75, 3.05) is 5.75 Å². The number of hydrogen-bond donors (Lipinski definition) is 0. The zero-order valence-corrected chi connectivity index (χ0v) is 15.4. The number of nitrogens with zero attached hydrogens (tertiary/aromatic N) is 1. The van der Waals surface area contributed by atoms with Crippen molar-refractivity contribution < 1.29 is 18.7 Å². The second-order valence-corrected chi connectivity index (χ2v) is 7.31. The smallest absolute Gasteiger partial charge is 0.330 e. The summed E-state index contributed by atoms with van der Waals surface area (Å²) in [5.41, 5.74) is 0.883. The van der Waals surface area contributed by atoms with E-state index < -0.39 is 12.0 Å². The summed E-state index contributed by atoms with van der Waals surface area (Å²) in [6.45, 7) is 1.62. The van der Waals surface area contributed by atoms with E-state index in [2.05, 4.69) is 15.9 Å². The molecule has 1 aliphatic rings. The molecule has 1 aromatic heterocycles. The Bertz CT molecular complexity index is 734. The number of rotatable bonds is 4. The van der Waals surface area contributed by atoms with E-state index in [1.165, 1.54) is 23.6 Å². The number of benzene rings is 1. The predicted molar refractivity (Wildman–Crippen MR) is 94.2 cm³/mol. The topological polar surface area (TPSA) is 59.8 Å². The lowest BCUT2D eigenvalue weighted by Gasteiger charge is -2.25. The molecule has 0 saturated carbocycles. The van der Waals surface area contributed by atoms with Gasteiger partial charge in [0.15, 0.2) is 0 Å². The highest BCUT2D eigenvalue weighted by Crippen LogP contribution is 2.41. The SMILES string of the molecule is CC(=O)N1[C@@H](C(=O)OCc2ccccc2Br)CS[C@H]1c1ccco1. The van der Waals surface area contributed by atoms with Gasteiger partial charge in [-0.15, -0.1) is 11.8 Å². The highest BCUT2D eigenvalue weighted by molar-refractivity contribution is 9.10. The van der Waals surface area contributed by atoms with Crippen LogP contribution in [0.2, 0.25) is 0 Å².